The zero-order chi connectivity index (χ0) is 22.8. The molecule has 3 rings (SSSR count). The van der Waals surface area contributed by atoms with Crippen molar-refractivity contribution in [2.75, 3.05) is 6.61 Å². The van der Waals surface area contributed by atoms with Gasteiger partial charge in [0.25, 0.3) is 5.56 Å². The number of hydrogen-bond acceptors (Lipinski definition) is 7. The molecule has 0 radical (unpaired) electrons. The molecule has 0 aliphatic carbocycles. The van der Waals surface area contributed by atoms with Crippen LogP contribution in [0.3, 0.4) is 0 Å². The van der Waals surface area contributed by atoms with E-state index in [0.29, 0.717) is 0 Å². The van der Waals surface area contributed by atoms with E-state index >= 15 is 0 Å². The minimum absolute atomic E-state index is 0.0144. The molecule has 1 heterocycles. The Balaban J connectivity index is 2.11. The van der Waals surface area contributed by atoms with Crippen LogP contribution < -0.4 is 9.74 Å². The van der Waals surface area contributed by atoms with Crippen LogP contribution in [0.5, 0.6) is 5.75 Å². The summed E-state index contributed by atoms with van der Waals surface area (Å²) in [6.07, 6.45) is 0. The molecule has 0 N–H and O–H groups in total. The molecular formula is C21H19FN2O6S. The van der Waals surface area contributed by atoms with Gasteiger partial charge in [-0.25, -0.2) is 9.18 Å². The van der Waals surface area contributed by atoms with Crippen molar-refractivity contribution in [3.05, 3.63) is 81.5 Å². The Morgan fingerprint density at radius 3 is 2.35 bits per heavy atom. The Kier molecular flexibility index (Phi) is 6.21. The zero-order valence-electron chi connectivity index (χ0n) is 17.0. The van der Waals surface area contributed by atoms with Crippen LogP contribution in [0.15, 0.2) is 58.2 Å². The monoisotopic (exact) mass is 446 g/mol. The van der Waals surface area contributed by atoms with Crippen molar-refractivity contribution >= 4 is 16.1 Å². The number of aryl methyl sites for hydroxylation is 2. The number of esters is 1. The first-order valence-electron chi connectivity index (χ1n) is 9.21. The van der Waals surface area contributed by atoms with E-state index in [1.165, 1.54) is 24.3 Å². The molecule has 0 aliphatic heterocycles. The van der Waals surface area contributed by atoms with Crippen molar-refractivity contribution in [2.24, 2.45) is 0 Å². The highest BCUT2D eigenvalue weighted by molar-refractivity contribution is 7.87. The molecule has 162 valence electrons. The SMILES string of the molecule is CCOC(=O)c1nn(-c2ccc(F)cc2)c(=O)cc1OS(=O)(=O)c1ccc(C)c(C)c1. The number of halogens is 1. The largest absolute Gasteiger partial charge is 0.461 e. The molecule has 31 heavy (non-hydrogen) atoms. The van der Waals surface area contributed by atoms with Crippen LogP contribution in [-0.2, 0) is 14.9 Å². The molecule has 0 saturated heterocycles. The number of aromatic nitrogens is 2. The van der Waals surface area contributed by atoms with E-state index < -0.39 is 38.9 Å². The van der Waals surface area contributed by atoms with Gasteiger partial charge in [-0.3, -0.25) is 4.79 Å². The number of rotatable bonds is 6. The Morgan fingerprint density at radius 1 is 1.06 bits per heavy atom. The molecule has 0 unspecified atom stereocenters. The van der Waals surface area contributed by atoms with Gasteiger partial charge in [0, 0.05) is 0 Å². The van der Waals surface area contributed by atoms with Gasteiger partial charge in [0.1, 0.15) is 10.7 Å². The predicted molar refractivity (Wildman–Crippen MR) is 109 cm³/mol. The zero-order valence-corrected chi connectivity index (χ0v) is 17.8. The van der Waals surface area contributed by atoms with E-state index in [9.17, 15) is 22.4 Å². The van der Waals surface area contributed by atoms with Gasteiger partial charge in [0.2, 0.25) is 5.69 Å². The summed E-state index contributed by atoms with van der Waals surface area (Å²) < 4.78 is 49.6. The summed E-state index contributed by atoms with van der Waals surface area (Å²) in [5, 5.41) is 3.92. The number of nitrogens with zero attached hydrogens (tertiary/aromatic N) is 2. The van der Waals surface area contributed by atoms with Crippen molar-refractivity contribution in [3.8, 4) is 11.4 Å². The van der Waals surface area contributed by atoms with Gasteiger partial charge in [-0.05, 0) is 68.3 Å². The van der Waals surface area contributed by atoms with Gasteiger partial charge >= 0.3 is 16.1 Å². The lowest BCUT2D eigenvalue weighted by atomic mass is 10.1. The average Bonchev–Trinajstić information content (AvgIpc) is 2.71. The second kappa shape index (κ2) is 8.68. The molecule has 0 spiro atoms. The molecule has 3 aromatic rings. The maximum atomic E-state index is 13.2. The van der Waals surface area contributed by atoms with Crippen LogP contribution in [-0.4, -0.2) is 30.8 Å². The summed E-state index contributed by atoms with van der Waals surface area (Å²) in [6.45, 7) is 5.11. The molecule has 1 aromatic heterocycles. The third-order valence-electron chi connectivity index (χ3n) is 4.40. The number of benzene rings is 2. The summed E-state index contributed by atoms with van der Waals surface area (Å²) in [7, 11) is -4.37. The van der Waals surface area contributed by atoms with Gasteiger partial charge in [0.05, 0.1) is 18.4 Å². The normalized spacial score (nSPS) is 11.2. The van der Waals surface area contributed by atoms with E-state index in [0.717, 1.165) is 34.0 Å². The number of carbonyl (C=O) groups excluding carboxylic acids is 1. The third kappa shape index (κ3) is 4.80. The molecule has 0 bridgehead atoms. The molecule has 0 saturated carbocycles. The van der Waals surface area contributed by atoms with Crippen LogP contribution in [0, 0.1) is 19.7 Å². The molecule has 0 amide bonds. The topological polar surface area (TPSA) is 105 Å². The fraction of sp³-hybridized carbons (Fsp3) is 0.190. The van der Waals surface area contributed by atoms with Gasteiger partial charge in [-0.15, -0.1) is 0 Å². The minimum Gasteiger partial charge on any atom is -0.461 e. The summed E-state index contributed by atoms with van der Waals surface area (Å²) >= 11 is 0. The smallest absolute Gasteiger partial charge is 0.362 e. The van der Waals surface area contributed by atoms with E-state index in [1.807, 2.05) is 6.92 Å². The first-order valence-corrected chi connectivity index (χ1v) is 10.6. The highest BCUT2D eigenvalue weighted by atomic mass is 32.2. The highest BCUT2D eigenvalue weighted by Gasteiger charge is 2.25. The Labute approximate surface area is 178 Å². The van der Waals surface area contributed by atoms with Gasteiger partial charge in [-0.2, -0.15) is 18.2 Å². The van der Waals surface area contributed by atoms with Crippen molar-refractivity contribution in [2.45, 2.75) is 25.7 Å². The molecule has 0 atom stereocenters. The fourth-order valence-electron chi connectivity index (χ4n) is 2.65. The molecule has 2 aromatic carbocycles. The van der Waals surface area contributed by atoms with Crippen LogP contribution in [0.25, 0.3) is 5.69 Å². The lowest BCUT2D eigenvalue weighted by Crippen LogP contribution is -2.26. The Hall–Kier alpha value is -3.53. The Bertz CT molecular complexity index is 1300. The lowest BCUT2D eigenvalue weighted by molar-refractivity contribution is 0.0515. The van der Waals surface area contributed by atoms with Gasteiger partial charge in [0.15, 0.2) is 5.75 Å². The van der Waals surface area contributed by atoms with Gasteiger partial charge in [-0.1, -0.05) is 6.07 Å². The van der Waals surface area contributed by atoms with Crippen LogP contribution in [0.2, 0.25) is 0 Å². The summed E-state index contributed by atoms with van der Waals surface area (Å²) in [5.74, 6) is -2.08. The lowest BCUT2D eigenvalue weighted by Gasteiger charge is -2.13. The van der Waals surface area contributed by atoms with Crippen LogP contribution in [0.4, 0.5) is 4.39 Å². The number of hydrogen-bond donors (Lipinski definition) is 0. The first-order chi connectivity index (χ1) is 14.6. The fourth-order valence-corrected chi connectivity index (χ4v) is 3.66. The second-order valence-electron chi connectivity index (χ2n) is 6.59. The molecule has 0 aliphatic rings. The second-order valence-corrected chi connectivity index (χ2v) is 8.13. The maximum absolute atomic E-state index is 13.2. The quantitative estimate of drug-likeness (QED) is 0.423. The summed E-state index contributed by atoms with van der Waals surface area (Å²) in [4.78, 5) is 24.8. The van der Waals surface area contributed by atoms with Crippen molar-refractivity contribution < 1.29 is 26.5 Å². The van der Waals surface area contributed by atoms with Crippen molar-refractivity contribution in [3.63, 3.8) is 0 Å². The molecule has 8 nitrogen and oxygen atoms in total. The number of carbonyl (C=O) groups is 1. The van der Waals surface area contributed by atoms with Crippen LogP contribution in [0.1, 0.15) is 28.5 Å². The predicted octanol–water partition coefficient (Wildman–Crippen LogP) is 2.93. The minimum atomic E-state index is -4.37. The summed E-state index contributed by atoms with van der Waals surface area (Å²) in [6, 6.07) is 10.0. The highest BCUT2D eigenvalue weighted by Crippen LogP contribution is 2.23. The molecule has 10 heteroatoms. The number of ether oxygens (including phenoxy) is 1. The third-order valence-corrected chi connectivity index (χ3v) is 5.63. The van der Waals surface area contributed by atoms with E-state index in [4.69, 9.17) is 8.92 Å². The standard InChI is InChI=1S/C21H19FN2O6S/c1-4-29-21(26)20-18(30-31(27,28)17-10-5-13(2)14(3)11-17)12-19(25)24(23-20)16-8-6-15(22)7-9-16/h5-12H,4H2,1-3H3. The van der Waals surface area contributed by atoms with E-state index in [-0.39, 0.29) is 17.2 Å². The summed E-state index contributed by atoms with van der Waals surface area (Å²) in [5.41, 5.74) is 0.471. The van der Waals surface area contributed by atoms with Crippen molar-refractivity contribution in [1.29, 1.82) is 0 Å². The average molecular weight is 446 g/mol. The molecule has 0 fully saturated rings. The van der Waals surface area contributed by atoms with Crippen LogP contribution >= 0.6 is 0 Å². The van der Waals surface area contributed by atoms with Crippen molar-refractivity contribution in [1.82, 2.24) is 9.78 Å². The Morgan fingerprint density at radius 2 is 1.74 bits per heavy atom. The maximum Gasteiger partial charge on any atom is 0.362 e. The first kappa shape index (κ1) is 22.2. The van der Waals surface area contributed by atoms with E-state index in [1.54, 1.807) is 19.9 Å². The van der Waals surface area contributed by atoms with E-state index in [2.05, 4.69) is 5.10 Å². The van der Waals surface area contributed by atoms with Gasteiger partial charge < -0.3 is 8.92 Å². The molecular weight excluding hydrogens is 427 g/mol.